The van der Waals surface area contributed by atoms with Crippen molar-refractivity contribution < 1.29 is 0 Å². The minimum absolute atomic E-state index is 0.532. The van der Waals surface area contributed by atoms with Crippen molar-refractivity contribution in [1.29, 1.82) is 0 Å². The molecule has 0 aromatic heterocycles. The Morgan fingerprint density at radius 2 is 1.37 bits per heavy atom. The van der Waals surface area contributed by atoms with Crippen molar-refractivity contribution >= 4 is 11.6 Å². The third kappa shape index (κ3) is 2.68. The lowest BCUT2D eigenvalue weighted by Gasteiger charge is -2.27. The lowest BCUT2D eigenvalue weighted by atomic mass is 9.84. The number of rotatable bonds is 2. The van der Waals surface area contributed by atoms with Gasteiger partial charge in [0.15, 0.2) is 0 Å². The van der Waals surface area contributed by atoms with Crippen molar-refractivity contribution in [2.45, 2.75) is 33.2 Å². The molecule has 0 spiro atoms. The van der Waals surface area contributed by atoms with Crippen molar-refractivity contribution in [3.05, 3.63) is 69.2 Å². The van der Waals surface area contributed by atoms with Gasteiger partial charge < -0.3 is 5.73 Å². The Morgan fingerprint density at radius 3 is 1.89 bits per heavy atom. The normalized spacial score (nSPS) is 14.2. The highest BCUT2D eigenvalue weighted by Crippen LogP contribution is 2.30. The Labute approximate surface area is 120 Å². The zero-order valence-corrected chi connectivity index (χ0v) is 12.7. The summed E-state index contributed by atoms with van der Waals surface area (Å²) in [5.41, 5.74) is 11.8. The van der Waals surface area contributed by atoms with Gasteiger partial charge in [0.25, 0.3) is 0 Å². The predicted molar refractivity (Wildman–Crippen MR) is 82.7 cm³/mol. The van der Waals surface area contributed by atoms with Crippen molar-refractivity contribution in [3.8, 4) is 0 Å². The van der Waals surface area contributed by atoms with Crippen LogP contribution in [0.2, 0.25) is 5.02 Å². The summed E-state index contributed by atoms with van der Waals surface area (Å²) in [5.74, 6) is 0. The van der Waals surface area contributed by atoms with Crippen LogP contribution >= 0.6 is 11.6 Å². The van der Waals surface area contributed by atoms with Gasteiger partial charge in [0.1, 0.15) is 0 Å². The highest BCUT2D eigenvalue weighted by Gasteiger charge is 2.24. The van der Waals surface area contributed by atoms with E-state index in [9.17, 15) is 0 Å². The summed E-state index contributed by atoms with van der Waals surface area (Å²) in [6, 6.07) is 12.4. The lowest BCUT2D eigenvalue weighted by molar-refractivity contribution is 0.602. The van der Waals surface area contributed by atoms with Crippen LogP contribution in [-0.2, 0) is 5.54 Å². The lowest BCUT2D eigenvalue weighted by Crippen LogP contribution is -2.34. The van der Waals surface area contributed by atoms with Crippen molar-refractivity contribution in [3.63, 3.8) is 0 Å². The van der Waals surface area contributed by atoms with Gasteiger partial charge in [0, 0.05) is 5.02 Å². The molecule has 0 saturated carbocycles. The Bertz CT molecular complexity index is 561. The van der Waals surface area contributed by atoms with Gasteiger partial charge in [0.2, 0.25) is 0 Å². The van der Waals surface area contributed by atoms with Crippen LogP contribution in [0.5, 0.6) is 0 Å². The Kier molecular flexibility index (Phi) is 3.71. The number of aryl methyl sites for hydroxylation is 3. The molecule has 2 N–H and O–H groups in total. The maximum absolute atomic E-state index is 6.54. The zero-order chi connectivity index (χ0) is 14.2. The third-order valence-electron chi connectivity index (χ3n) is 3.88. The quantitative estimate of drug-likeness (QED) is 0.857. The first-order valence-corrected chi connectivity index (χ1v) is 6.83. The third-order valence-corrected chi connectivity index (χ3v) is 4.29. The van der Waals surface area contributed by atoms with Gasteiger partial charge in [-0.2, -0.15) is 0 Å². The molecule has 0 radical (unpaired) electrons. The van der Waals surface area contributed by atoms with Crippen LogP contribution in [-0.4, -0.2) is 0 Å². The molecule has 2 aromatic rings. The molecule has 0 saturated heterocycles. The largest absolute Gasteiger partial charge is 0.318 e. The van der Waals surface area contributed by atoms with E-state index in [1.165, 1.54) is 11.1 Å². The molecule has 0 bridgehead atoms. The van der Waals surface area contributed by atoms with Gasteiger partial charge in [-0.1, -0.05) is 41.9 Å². The molecule has 1 unspecified atom stereocenters. The molecule has 19 heavy (non-hydrogen) atoms. The van der Waals surface area contributed by atoms with E-state index in [4.69, 9.17) is 17.3 Å². The molecular formula is C17H20ClN. The van der Waals surface area contributed by atoms with Crippen LogP contribution in [0, 0.1) is 20.8 Å². The van der Waals surface area contributed by atoms with Crippen LogP contribution < -0.4 is 5.73 Å². The minimum Gasteiger partial charge on any atom is -0.318 e. The number of hydrogen-bond acceptors (Lipinski definition) is 1. The molecule has 0 amide bonds. The molecule has 1 nitrogen and oxygen atoms in total. The second-order valence-corrected chi connectivity index (χ2v) is 5.87. The molecular weight excluding hydrogens is 254 g/mol. The predicted octanol–water partition coefficient (Wildman–Crippen LogP) is 4.49. The van der Waals surface area contributed by atoms with Gasteiger partial charge in [-0.15, -0.1) is 0 Å². The molecule has 100 valence electrons. The van der Waals surface area contributed by atoms with E-state index in [1.54, 1.807) is 0 Å². The van der Waals surface area contributed by atoms with Crippen LogP contribution in [0.15, 0.2) is 36.4 Å². The van der Waals surface area contributed by atoms with E-state index in [-0.39, 0.29) is 0 Å². The van der Waals surface area contributed by atoms with Gasteiger partial charge in [-0.3, -0.25) is 0 Å². The highest BCUT2D eigenvalue weighted by atomic mass is 35.5. The summed E-state index contributed by atoms with van der Waals surface area (Å²) in [4.78, 5) is 0. The number of halogens is 1. The van der Waals surface area contributed by atoms with Crippen LogP contribution in [0.4, 0.5) is 0 Å². The van der Waals surface area contributed by atoms with E-state index in [2.05, 4.69) is 38.1 Å². The molecule has 0 aliphatic rings. The average molecular weight is 274 g/mol. The van der Waals surface area contributed by atoms with E-state index in [0.29, 0.717) is 0 Å². The molecule has 1 atom stereocenters. The van der Waals surface area contributed by atoms with Gasteiger partial charge >= 0.3 is 0 Å². The fourth-order valence-electron chi connectivity index (χ4n) is 2.15. The molecule has 0 fully saturated rings. The SMILES string of the molecule is Cc1ccc(C(C)(N)c2ccc(C)c(Cl)c2)cc1C. The maximum atomic E-state index is 6.54. The molecule has 0 aliphatic heterocycles. The summed E-state index contributed by atoms with van der Waals surface area (Å²) in [5, 5.41) is 0.762. The summed E-state index contributed by atoms with van der Waals surface area (Å²) in [7, 11) is 0. The standard InChI is InChI=1S/C17H20ClN/c1-11-5-7-14(9-13(11)3)17(4,19)15-8-6-12(2)16(18)10-15/h5-10H,19H2,1-4H3. The molecule has 2 heteroatoms. The minimum atomic E-state index is -0.532. The Morgan fingerprint density at radius 1 is 0.842 bits per heavy atom. The smallest absolute Gasteiger partial charge is 0.0637 e. The number of benzene rings is 2. The number of nitrogens with two attached hydrogens (primary N) is 1. The monoisotopic (exact) mass is 273 g/mol. The molecule has 0 heterocycles. The second kappa shape index (κ2) is 4.99. The molecule has 2 rings (SSSR count). The van der Waals surface area contributed by atoms with Crippen LogP contribution in [0.3, 0.4) is 0 Å². The van der Waals surface area contributed by atoms with Gasteiger partial charge in [-0.25, -0.2) is 0 Å². The second-order valence-electron chi connectivity index (χ2n) is 5.47. The first-order chi connectivity index (χ1) is 8.82. The van der Waals surface area contributed by atoms with Gasteiger partial charge in [-0.05, 0) is 61.6 Å². The topological polar surface area (TPSA) is 26.0 Å². The molecule has 0 aliphatic carbocycles. The first-order valence-electron chi connectivity index (χ1n) is 6.45. The first kappa shape index (κ1) is 14.1. The zero-order valence-electron chi connectivity index (χ0n) is 11.9. The van der Waals surface area contributed by atoms with Gasteiger partial charge in [0.05, 0.1) is 5.54 Å². The fraction of sp³-hybridized carbons (Fsp3) is 0.294. The average Bonchev–Trinajstić information content (AvgIpc) is 2.35. The van der Waals surface area contributed by atoms with Crippen molar-refractivity contribution in [2.24, 2.45) is 5.73 Å². The Balaban J connectivity index is 2.51. The van der Waals surface area contributed by atoms with E-state index in [1.807, 2.05) is 26.0 Å². The van der Waals surface area contributed by atoms with Crippen molar-refractivity contribution in [2.75, 3.05) is 0 Å². The summed E-state index contributed by atoms with van der Waals surface area (Å²) in [6.07, 6.45) is 0. The fourth-order valence-corrected chi connectivity index (χ4v) is 2.33. The summed E-state index contributed by atoms with van der Waals surface area (Å²) < 4.78 is 0. The van der Waals surface area contributed by atoms with Crippen molar-refractivity contribution in [1.82, 2.24) is 0 Å². The van der Waals surface area contributed by atoms with Crippen LogP contribution in [0.25, 0.3) is 0 Å². The van der Waals surface area contributed by atoms with Crippen LogP contribution in [0.1, 0.15) is 34.7 Å². The van der Waals surface area contributed by atoms with E-state index < -0.39 is 5.54 Å². The summed E-state index contributed by atoms with van der Waals surface area (Å²) >= 11 is 6.21. The summed E-state index contributed by atoms with van der Waals surface area (Å²) in [6.45, 7) is 8.24. The number of hydrogen-bond donors (Lipinski definition) is 1. The van der Waals surface area contributed by atoms with E-state index in [0.717, 1.165) is 21.7 Å². The maximum Gasteiger partial charge on any atom is 0.0637 e. The highest BCUT2D eigenvalue weighted by molar-refractivity contribution is 6.31. The Hall–Kier alpha value is -1.31. The van der Waals surface area contributed by atoms with E-state index >= 15 is 0 Å². The molecule has 2 aromatic carbocycles.